The summed E-state index contributed by atoms with van der Waals surface area (Å²) in [6, 6.07) is 83.0. The Morgan fingerprint density at radius 2 is 0.651 bits per heavy atom. The highest BCUT2D eigenvalue weighted by Crippen LogP contribution is 2.35. The Bertz CT molecular complexity index is 7510. The van der Waals surface area contributed by atoms with Crippen LogP contribution < -0.4 is 60.5 Å². The summed E-state index contributed by atoms with van der Waals surface area (Å²) in [5, 5.41) is 38.9. The maximum absolute atomic E-state index is 11.6. The van der Waals surface area contributed by atoms with Crippen LogP contribution in [0.2, 0.25) is 0 Å². The van der Waals surface area contributed by atoms with Crippen LogP contribution in [0.5, 0.6) is 29.3 Å². The molecular formula is C103H100N14O17S12. The first kappa shape index (κ1) is 109. The summed E-state index contributed by atoms with van der Waals surface area (Å²) >= 11 is 10.0. The quantitative estimate of drug-likeness (QED) is 0.0197. The van der Waals surface area contributed by atoms with E-state index in [0.29, 0.717) is 106 Å². The third kappa shape index (κ3) is 33.3. The summed E-state index contributed by atoms with van der Waals surface area (Å²) in [6.45, 7) is 3.93. The van der Waals surface area contributed by atoms with Gasteiger partial charge in [-0.05, 0) is 188 Å². The van der Waals surface area contributed by atoms with Gasteiger partial charge < -0.3 is 50.3 Å². The first-order valence-corrected chi connectivity index (χ1v) is 59.8. The number of nitrogens with zero attached hydrogens (tertiary/aromatic N) is 7. The predicted molar refractivity (Wildman–Crippen MR) is 584 cm³/mol. The molecule has 756 valence electrons. The van der Waals surface area contributed by atoms with Gasteiger partial charge in [-0.25, -0.2) is 85.7 Å². The lowest BCUT2D eigenvalue weighted by atomic mass is 10.1. The van der Waals surface area contributed by atoms with Crippen molar-refractivity contribution < 1.29 is 74.2 Å². The molecule has 0 aliphatic carbocycles. The molecule has 0 saturated carbocycles. The average Bonchev–Trinajstić information content (AvgIpc) is 1.53. The fraction of sp³-hybridized carbons (Fsp3) is 0.136. The van der Waals surface area contributed by atoms with Crippen LogP contribution in [0.4, 0.5) is 28.8 Å². The molecule has 0 saturated heterocycles. The van der Waals surface area contributed by atoms with Crippen molar-refractivity contribution in [1.29, 1.82) is 0 Å². The molecule has 18 rings (SSSR count). The molecule has 11 aromatic heterocycles. The molecule has 9 N–H and O–H groups in total. The number of hydrogen-bond acceptors (Lipinski definition) is 35. The average molecular weight is 2190 g/mol. The Morgan fingerprint density at radius 3 is 1.06 bits per heavy atom. The molecule has 0 bridgehead atoms. The summed E-state index contributed by atoms with van der Waals surface area (Å²) in [7, 11) is -13.9. The molecule has 0 spiro atoms. The number of pyridine rings is 3. The lowest BCUT2D eigenvalue weighted by molar-refractivity contribution is 0.296. The van der Waals surface area contributed by atoms with Crippen LogP contribution in [-0.4, -0.2) is 139 Å². The van der Waals surface area contributed by atoms with Crippen molar-refractivity contribution in [2.45, 2.75) is 68.7 Å². The fourth-order valence-corrected chi connectivity index (χ4v) is 20.8. The van der Waals surface area contributed by atoms with E-state index in [0.717, 1.165) is 78.7 Å². The molecule has 0 unspecified atom stereocenters. The monoisotopic (exact) mass is 2190 g/mol. The number of benzene rings is 7. The zero-order valence-electron chi connectivity index (χ0n) is 79.6. The van der Waals surface area contributed by atoms with Crippen molar-refractivity contribution in [2.75, 3.05) is 80.0 Å². The molecule has 0 atom stereocenters. The maximum atomic E-state index is 11.6. The second-order valence-corrected chi connectivity index (χ2v) is 49.0. The van der Waals surface area contributed by atoms with Crippen LogP contribution in [0.25, 0.3) is 67.3 Å². The van der Waals surface area contributed by atoms with Crippen molar-refractivity contribution in [3.63, 3.8) is 0 Å². The van der Waals surface area contributed by atoms with Crippen LogP contribution in [-0.2, 0) is 98.7 Å². The molecular weight excluding hydrogens is 2090 g/mol. The highest BCUT2D eigenvalue weighted by Gasteiger charge is 2.19. The number of rotatable bonds is 34. The Hall–Kier alpha value is -14.0. The van der Waals surface area contributed by atoms with Gasteiger partial charge in [0.2, 0.25) is 37.7 Å². The van der Waals surface area contributed by atoms with Crippen molar-refractivity contribution >= 4 is 156 Å². The van der Waals surface area contributed by atoms with Crippen LogP contribution in [0.1, 0.15) is 29.3 Å². The minimum Gasteiger partial charge on any atom is -0.497 e. The number of methoxy groups -OCH3 is 4. The number of sulfone groups is 4. The lowest BCUT2D eigenvalue weighted by Gasteiger charge is -2.10. The van der Waals surface area contributed by atoms with E-state index in [9.17, 15) is 50.5 Å². The zero-order valence-corrected chi connectivity index (χ0v) is 89.4. The van der Waals surface area contributed by atoms with Crippen LogP contribution >= 0.6 is 68.0 Å². The third-order valence-electron chi connectivity index (χ3n) is 20.9. The Balaban J connectivity index is 0.000000147. The van der Waals surface area contributed by atoms with E-state index in [1.807, 2.05) is 142 Å². The minimum atomic E-state index is -3.72. The van der Waals surface area contributed by atoms with Gasteiger partial charge in [0.25, 0.3) is 5.88 Å². The summed E-state index contributed by atoms with van der Waals surface area (Å²) in [5.41, 5.74) is 11.5. The van der Waals surface area contributed by atoms with Gasteiger partial charge in [0, 0.05) is 125 Å². The lowest BCUT2D eigenvalue weighted by Crippen LogP contribution is -2.11. The number of primary sulfonamides is 2. The molecule has 0 fully saturated rings. The predicted octanol–water partition coefficient (Wildman–Crippen LogP) is 20.8. The van der Waals surface area contributed by atoms with E-state index in [4.69, 9.17) is 34.0 Å². The van der Waals surface area contributed by atoms with Gasteiger partial charge >= 0.3 is 0 Å². The molecule has 0 radical (unpaired) electrons. The fourth-order valence-electron chi connectivity index (χ4n) is 13.4. The topological polar surface area (TPSA) is 453 Å². The van der Waals surface area contributed by atoms with Crippen LogP contribution in [0.15, 0.2) is 359 Å². The van der Waals surface area contributed by atoms with Crippen molar-refractivity contribution in [2.24, 2.45) is 10.3 Å². The molecule has 18 aromatic rings. The number of hydrogen-bond donors (Lipinski definition) is 7. The number of nitrogens with two attached hydrogens (primary N) is 2. The van der Waals surface area contributed by atoms with E-state index in [1.165, 1.54) is 82.1 Å². The third-order valence-corrected chi connectivity index (χ3v) is 32.5. The van der Waals surface area contributed by atoms with E-state index in [2.05, 4.69) is 97.2 Å². The van der Waals surface area contributed by atoms with E-state index >= 15 is 0 Å². The normalized spacial score (nSPS) is 11.3. The summed E-state index contributed by atoms with van der Waals surface area (Å²) in [5.74, 6) is 4.41. The van der Waals surface area contributed by atoms with Crippen LogP contribution in [0.3, 0.4) is 0 Å². The zero-order chi connectivity index (χ0) is 104. The molecule has 7 aromatic carbocycles. The standard InChI is InChI=1S/3C18H18N2O3S2.C18H17NO2S2.C16H16N4O3S2.C15H13N3O3S2/c1-23-14-10-17(13-5-7-16(8-6-13)25(2,21)22)20-18(11-14)19-12-15-4-3-9-24-15;1-23-18-11-14(19-12-15-4-3-9-24-15)10-17(20-18)13-5-7-16(8-6-13)25(2,21)22;1-23-18-11-14(13-5-7-16(8-6-13)25(2,21)22)10-17(20-18)19-12-15-4-3-9-24-15;1-23(20,21)18-9-7-14(8-10-18)15-4-2-5-16(12-15)19-13-17-6-3-11-22-17;1-23-16-15(18-9-12-3-2-8-24-12)20-14(10-19-16)11-4-6-13(7-5-11)25(17,21)22;16-23(19,20)13-5-3-11(4-6-13)14-8-17-9-15(18-14)21-10-12-2-1-7-22-12/h3*3-11H,12H2,1-2H3,(H,19,20);2-12,19H,13H2,1H3;2-8,10H,9H2,1H3,(H,18,20)(H2,17,21,22);1-9H,10H2,(H2,16,19,20). The first-order valence-electron chi connectivity index (χ1n) is 43.8. The van der Waals surface area contributed by atoms with Crippen molar-refractivity contribution in [1.82, 2.24) is 34.9 Å². The molecule has 0 amide bonds. The molecule has 0 aliphatic heterocycles. The molecule has 11 heterocycles. The Morgan fingerprint density at radius 1 is 0.281 bits per heavy atom. The van der Waals surface area contributed by atoms with Gasteiger partial charge in [0.15, 0.2) is 45.2 Å². The molecule has 43 heteroatoms. The van der Waals surface area contributed by atoms with Crippen molar-refractivity contribution in [3.8, 4) is 96.6 Å². The number of nitrogens with one attached hydrogen (secondary N) is 5. The smallest absolute Gasteiger partial charge is 0.257 e. The second-order valence-electron chi connectivity index (χ2n) is 31.6. The van der Waals surface area contributed by atoms with Gasteiger partial charge in [-0.1, -0.05) is 121 Å². The van der Waals surface area contributed by atoms with E-state index in [1.54, 1.807) is 211 Å². The van der Waals surface area contributed by atoms with Crippen molar-refractivity contribution in [3.05, 3.63) is 359 Å². The first-order chi connectivity index (χ1) is 69.9. The number of aromatic nitrogens is 7. The SMILES string of the molecule is COc1cc(-c2ccc(S(C)(=O)=O)cc2)cc(NCc2cccs2)n1.COc1cc(NCc2cccs2)cc(-c2ccc(S(C)(=O)=O)cc2)n1.COc1cc(NCc2cccs2)nc(-c2ccc(S(C)(=O)=O)cc2)c1.COc1ncc(-c2ccc(S(N)(=O)=O)cc2)nc1NCc1cccs1.CS(=O)(=O)c1ccc(-c2cccc(NCc3cccs3)c2)cc1.NS(=O)(=O)c1ccc(-c2cncc(OCc3cccs3)n2)cc1. The largest absolute Gasteiger partial charge is 0.497 e. The Labute approximate surface area is 872 Å². The van der Waals surface area contributed by atoms with E-state index < -0.39 is 59.4 Å². The number of anilines is 5. The Kier molecular flexibility index (Phi) is 38.3. The maximum Gasteiger partial charge on any atom is 0.257 e. The van der Waals surface area contributed by atoms with Crippen LogP contribution in [0, 0.1) is 0 Å². The second kappa shape index (κ2) is 51.2. The number of ether oxygens (including phenoxy) is 5. The summed E-state index contributed by atoms with van der Waals surface area (Å²) < 4.78 is 165. The molecule has 31 nitrogen and oxygen atoms in total. The van der Waals surface area contributed by atoms with Gasteiger partial charge in [-0.15, -0.1) is 68.0 Å². The molecule has 146 heavy (non-hydrogen) atoms. The van der Waals surface area contributed by atoms with Gasteiger partial charge in [0.05, 0.1) is 119 Å². The summed E-state index contributed by atoms with van der Waals surface area (Å²) in [6.07, 6.45) is 9.50. The highest BCUT2D eigenvalue weighted by molar-refractivity contribution is 7.91. The highest BCUT2D eigenvalue weighted by atomic mass is 32.2. The number of sulfonamides is 2. The van der Waals surface area contributed by atoms with Gasteiger partial charge in [-0.2, -0.15) is 4.98 Å². The summed E-state index contributed by atoms with van der Waals surface area (Å²) in [4.78, 5) is 39.2. The minimum absolute atomic E-state index is 0.0498. The van der Waals surface area contributed by atoms with E-state index in [-0.39, 0.29) is 19.6 Å². The van der Waals surface area contributed by atoms with Gasteiger partial charge in [0.1, 0.15) is 24.0 Å². The van der Waals surface area contributed by atoms with Gasteiger partial charge in [-0.3, -0.25) is 4.98 Å². The molecule has 0 aliphatic rings. The number of thiophene rings is 6.